The molecule has 0 bridgehead atoms. The Labute approximate surface area is 248 Å². The summed E-state index contributed by atoms with van der Waals surface area (Å²) < 4.78 is 78.3. The summed E-state index contributed by atoms with van der Waals surface area (Å²) in [5.74, 6) is -3.47. The van der Waals surface area contributed by atoms with Crippen LogP contribution in [0.3, 0.4) is 0 Å². The van der Waals surface area contributed by atoms with Crippen LogP contribution in [-0.4, -0.2) is 48.2 Å². The third kappa shape index (κ3) is 7.41. The number of anilines is 2. The molecule has 43 heavy (non-hydrogen) atoms. The fourth-order valence-electron chi connectivity index (χ4n) is 4.84. The van der Waals surface area contributed by atoms with Crippen molar-refractivity contribution in [3.05, 3.63) is 89.2 Å². The third-order valence-corrected chi connectivity index (χ3v) is 8.13. The number of benzene rings is 2. The quantitative estimate of drug-likeness (QED) is 0.221. The highest BCUT2D eigenvalue weighted by Crippen LogP contribution is 2.37. The van der Waals surface area contributed by atoms with Gasteiger partial charge in [-0.1, -0.05) is 29.8 Å². The molecule has 0 radical (unpaired) electrons. The molecule has 1 aliphatic rings. The lowest BCUT2D eigenvalue weighted by Crippen LogP contribution is -2.50. The van der Waals surface area contributed by atoms with Gasteiger partial charge in [-0.3, -0.25) is 4.72 Å². The molecule has 0 unspecified atom stereocenters. The number of alkyl halides is 1. The van der Waals surface area contributed by atoms with E-state index in [1.807, 2.05) is 6.92 Å². The van der Waals surface area contributed by atoms with Crippen molar-refractivity contribution in [2.75, 3.05) is 23.1 Å². The van der Waals surface area contributed by atoms with Crippen LogP contribution >= 0.6 is 0 Å². The predicted octanol–water partition coefficient (Wildman–Crippen LogP) is 5.67. The summed E-state index contributed by atoms with van der Waals surface area (Å²) in [6.45, 7) is 5.66. The molecular weight excluding hydrogens is 581 g/mol. The van der Waals surface area contributed by atoms with Crippen LogP contribution in [0.5, 0.6) is 11.6 Å². The molecule has 0 amide bonds. The number of piperidine rings is 1. The summed E-state index contributed by atoms with van der Waals surface area (Å²) >= 11 is 0. The van der Waals surface area contributed by atoms with Crippen molar-refractivity contribution in [1.29, 1.82) is 0 Å². The number of sulfonamides is 1. The van der Waals surface area contributed by atoms with Crippen LogP contribution in [0.2, 0.25) is 0 Å². The molecular formula is C30H31F3N6O3S. The lowest BCUT2D eigenvalue weighted by Gasteiger charge is -2.33. The zero-order valence-electron chi connectivity index (χ0n) is 23.8. The maximum absolute atomic E-state index is 15.3. The molecule has 3 N–H and O–H groups in total. The number of rotatable bonds is 9. The molecule has 5 rings (SSSR count). The van der Waals surface area contributed by atoms with Crippen molar-refractivity contribution in [2.45, 2.75) is 44.7 Å². The van der Waals surface area contributed by atoms with Gasteiger partial charge in [-0.05, 0) is 56.2 Å². The first-order valence-corrected chi connectivity index (χ1v) is 15.2. The van der Waals surface area contributed by atoms with Gasteiger partial charge in [0.25, 0.3) is 0 Å². The lowest BCUT2D eigenvalue weighted by molar-refractivity contribution is 0.137. The van der Waals surface area contributed by atoms with Gasteiger partial charge in [0.15, 0.2) is 11.6 Å². The molecule has 2 aromatic carbocycles. The Kier molecular flexibility index (Phi) is 8.56. The van der Waals surface area contributed by atoms with Gasteiger partial charge in [0.05, 0.1) is 22.7 Å². The third-order valence-electron chi connectivity index (χ3n) is 6.88. The van der Waals surface area contributed by atoms with Crippen LogP contribution in [0, 0.1) is 25.5 Å². The highest BCUT2D eigenvalue weighted by atomic mass is 32.2. The van der Waals surface area contributed by atoms with Crippen LogP contribution in [0.25, 0.3) is 11.3 Å². The average Bonchev–Trinajstić information content (AvgIpc) is 2.95. The molecule has 0 saturated carbocycles. The zero-order chi connectivity index (χ0) is 30.8. The van der Waals surface area contributed by atoms with Gasteiger partial charge < -0.3 is 15.4 Å². The van der Waals surface area contributed by atoms with Crippen molar-refractivity contribution in [3.8, 4) is 22.9 Å². The van der Waals surface area contributed by atoms with E-state index >= 15 is 8.78 Å². The molecule has 0 spiro atoms. The largest absolute Gasteiger partial charge is 0.435 e. The highest BCUT2D eigenvalue weighted by Gasteiger charge is 2.32. The van der Waals surface area contributed by atoms with Gasteiger partial charge in [-0.2, -0.15) is 4.39 Å². The second-order valence-electron chi connectivity index (χ2n) is 10.9. The standard InChI is InChI=1S/C30H31F3N6O3S/c1-18-6-8-20(9-7-18)16-43(40,41)39-24-13-19(2)27(26(32)25(24)31)42-28-22(5-4-11-35-28)23-10-12-36-29(38-23)37-21-14-30(3,33)17-34-15-21/h4-13,21,34,39H,14-17H2,1-3H3,(H,36,37,38)/t21-,30-/m0/s1. The summed E-state index contributed by atoms with van der Waals surface area (Å²) in [5, 5.41) is 6.18. The Morgan fingerprint density at radius 3 is 2.58 bits per heavy atom. The molecule has 3 heterocycles. The molecule has 9 nitrogen and oxygen atoms in total. The average molecular weight is 613 g/mol. The van der Waals surface area contributed by atoms with E-state index in [0.717, 1.165) is 11.6 Å². The summed E-state index contributed by atoms with van der Waals surface area (Å²) in [7, 11) is -4.05. The number of nitrogens with one attached hydrogen (secondary N) is 3. The Morgan fingerprint density at radius 1 is 1.07 bits per heavy atom. The monoisotopic (exact) mass is 612 g/mol. The van der Waals surface area contributed by atoms with Crippen LogP contribution in [0.1, 0.15) is 30.0 Å². The van der Waals surface area contributed by atoms with Gasteiger partial charge >= 0.3 is 0 Å². The first-order chi connectivity index (χ1) is 20.4. The number of aryl methyl sites for hydroxylation is 2. The van der Waals surface area contributed by atoms with E-state index in [0.29, 0.717) is 23.4 Å². The molecule has 2 aromatic heterocycles. The molecule has 0 aliphatic carbocycles. The predicted molar refractivity (Wildman–Crippen MR) is 158 cm³/mol. The molecule has 13 heteroatoms. The smallest absolute Gasteiger partial charge is 0.237 e. The number of aromatic nitrogens is 3. The number of pyridine rings is 1. The van der Waals surface area contributed by atoms with Crippen LogP contribution in [0.4, 0.5) is 24.8 Å². The van der Waals surface area contributed by atoms with E-state index < -0.39 is 44.5 Å². The van der Waals surface area contributed by atoms with Crippen molar-refractivity contribution >= 4 is 21.7 Å². The van der Waals surface area contributed by atoms with Crippen LogP contribution < -0.4 is 20.1 Å². The number of hydrogen-bond donors (Lipinski definition) is 3. The Hall–Kier alpha value is -4.23. The van der Waals surface area contributed by atoms with E-state index in [1.165, 1.54) is 26.2 Å². The fourth-order valence-corrected chi connectivity index (χ4v) is 6.02. The fraction of sp³-hybridized carbons (Fsp3) is 0.300. The lowest BCUT2D eigenvalue weighted by atomic mass is 9.95. The molecule has 4 aromatic rings. The number of halogens is 3. The number of nitrogens with zero attached hydrogens (tertiary/aromatic N) is 3. The van der Waals surface area contributed by atoms with Gasteiger partial charge in [-0.15, -0.1) is 0 Å². The minimum absolute atomic E-state index is 0.0584. The van der Waals surface area contributed by atoms with Crippen molar-refractivity contribution in [3.63, 3.8) is 0 Å². The topological polar surface area (TPSA) is 118 Å². The second-order valence-corrected chi connectivity index (χ2v) is 12.6. The highest BCUT2D eigenvalue weighted by molar-refractivity contribution is 7.91. The molecule has 1 saturated heterocycles. The molecule has 226 valence electrons. The number of hydrogen-bond acceptors (Lipinski definition) is 8. The van der Waals surface area contributed by atoms with E-state index in [4.69, 9.17) is 4.74 Å². The van der Waals surface area contributed by atoms with Gasteiger partial charge in [-0.25, -0.2) is 32.2 Å². The molecule has 1 aliphatic heterocycles. The SMILES string of the molecule is Cc1ccc(CS(=O)(=O)Nc2cc(C)c(Oc3ncccc3-c3ccnc(N[C@@H]4CNC[C@@](C)(F)C4)n3)c(F)c2F)cc1. The second kappa shape index (κ2) is 12.2. The normalized spacial score (nSPS) is 18.7. The summed E-state index contributed by atoms with van der Waals surface area (Å²) in [6.07, 6.45) is 3.21. The van der Waals surface area contributed by atoms with Gasteiger partial charge in [0.1, 0.15) is 5.67 Å². The molecule has 2 atom stereocenters. The summed E-state index contributed by atoms with van der Waals surface area (Å²) in [6, 6.07) is 12.6. The van der Waals surface area contributed by atoms with Crippen LogP contribution in [0.15, 0.2) is 60.9 Å². The summed E-state index contributed by atoms with van der Waals surface area (Å²) in [5.41, 5.74) is 0.433. The van der Waals surface area contributed by atoms with E-state index in [1.54, 1.807) is 42.5 Å². The van der Waals surface area contributed by atoms with Crippen molar-refractivity contribution < 1.29 is 26.3 Å². The van der Waals surface area contributed by atoms with Gasteiger partial charge in [0, 0.05) is 37.9 Å². The van der Waals surface area contributed by atoms with E-state index in [-0.39, 0.29) is 36.4 Å². The first-order valence-electron chi connectivity index (χ1n) is 13.6. The van der Waals surface area contributed by atoms with Crippen molar-refractivity contribution in [2.24, 2.45) is 0 Å². The summed E-state index contributed by atoms with van der Waals surface area (Å²) in [4.78, 5) is 12.9. The maximum Gasteiger partial charge on any atom is 0.237 e. The minimum atomic E-state index is -4.05. The van der Waals surface area contributed by atoms with E-state index in [2.05, 4.69) is 30.3 Å². The Morgan fingerprint density at radius 2 is 1.84 bits per heavy atom. The Bertz CT molecular complexity index is 1740. The van der Waals surface area contributed by atoms with E-state index in [9.17, 15) is 12.8 Å². The number of ether oxygens (including phenoxy) is 1. The Balaban J connectivity index is 1.37. The van der Waals surface area contributed by atoms with Crippen LogP contribution in [-0.2, 0) is 15.8 Å². The van der Waals surface area contributed by atoms with Crippen molar-refractivity contribution in [1.82, 2.24) is 20.3 Å². The maximum atomic E-state index is 15.3. The minimum Gasteiger partial charge on any atom is -0.435 e. The molecule has 1 fully saturated rings. The zero-order valence-corrected chi connectivity index (χ0v) is 24.6. The van der Waals surface area contributed by atoms with Gasteiger partial charge in [0.2, 0.25) is 27.7 Å². The first kappa shape index (κ1) is 30.2.